The molecule has 0 fully saturated rings. The van der Waals surface area contributed by atoms with E-state index < -0.39 is 5.25 Å². The van der Waals surface area contributed by atoms with Gasteiger partial charge < -0.3 is 15.0 Å². The zero-order valence-corrected chi connectivity index (χ0v) is 13.6. The molecule has 0 saturated carbocycles. The minimum absolute atomic E-state index is 0.228. The van der Waals surface area contributed by atoms with Crippen molar-refractivity contribution in [2.75, 3.05) is 24.4 Å². The van der Waals surface area contributed by atoms with Crippen LogP contribution >= 0.6 is 11.8 Å². The second-order valence-corrected chi connectivity index (χ2v) is 6.23. The standard InChI is InChI=1S/C17H16N2O3S/c1-19-13-8-3-4-9-14(13)23-15(17(19)21)16(20)18-11-6-5-7-12(10-11)22-2/h3-10,15H,1-2H3,(H,18,20). The quantitative estimate of drug-likeness (QED) is 0.880. The lowest BCUT2D eigenvalue weighted by Gasteiger charge is -2.30. The van der Waals surface area contributed by atoms with Crippen molar-refractivity contribution in [3.63, 3.8) is 0 Å². The molecular formula is C17H16N2O3S. The van der Waals surface area contributed by atoms with Crippen LogP contribution in [-0.4, -0.2) is 31.2 Å². The fourth-order valence-electron chi connectivity index (χ4n) is 2.38. The molecule has 2 amide bonds. The van der Waals surface area contributed by atoms with Gasteiger partial charge in [-0.3, -0.25) is 9.59 Å². The van der Waals surface area contributed by atoms with Crippen molar-refractivity contribution in [1.82, 2.24) is 0 Å². The molecule has 1 heterocycles. The minimum atomic E-state index is -0.805. The van der Waals surface area contributed by atoms with Gasteiger partial charge in [0.2, 0.25) is 11.8 Å². The van der Waals surface area contributed by atoms with E-state index in [0.29, 0.717) is 11.4 Å². The molecule has 1 N–H and O–H groups in total. The molecule has 1 unspecified atom stereocenters. The molecule has 0 aliphatic carbocycles. The lowest BCUT2D eigenvalue weighted by atomic mass is 10.2. The molecule has 0 radical (unpaired) electrons. The van der Waals surface area contributed by atoms with Crippen molar-refractivity contribution in [3.05, 3.63) is 48.5 Å². The van der Waals surface area contributed by atoms with Crippen molar-refractivity contribution in [2.45, 2.75) is 10.1 Å². The highest BCUT2D eigenvalue weighted by molar-refractivity contribution is 8.01. The van der Waals surface area contributed by atoms with Crippen molar-refractivity contribution in [3.8, 4) is 5.75 Å². The first-order valence-electron chi connectivity index (χ1n) is 7.08. The Morgan fingerprint density at radius 3 is 2.78 bits per heavy atom. The number of ether oxygens (including phenoxy) is 1. The third kappa shape index (κ3) is 3.03. The molecule has 23 heavy (non-hydrogen) atoms. The molecule has 1 aliphatic rings. The normalized spacial score (nSPS) is 16.7. The largest absolute Gasteiger partial charge is 0.497 e. The number of carbonyl (C=O) groups excluding carboxylic acids is 2. The Morgan fingerprint density at radius 1 is 1.22 bits per heavy atom. The van der Waals surface area contributed by atoms with Crippen LogP contribution in [0.4, 0.5) is 11.4 Å². The van der Waals surface area contributed by atoms with Gasteiger partial charge in [-0.05, 0) is 24.3 Å². The van der Waals surface area contributed by atoms with Crippen LogP contribution in [0.1, 0.15) is 0 Å². The second-order valence-electron chi connectivity index (χ2n) is 5.08. The van der Waals surface area contributed by atoms with Gasteiger partial charge in [-0.25, -0.2) is 0 Å². The van der Waals surface area contributed by atoms with Crippen LogP contribution in [-0.2, 0) is 9.59 Å². The summed E-state index contributed by atoms with van der Waals surface area (Å²) in [4.78, 5) is 27.4. The molecule has 2 aromatic carbocycles. The van der Waals surface area contributed by atoms with E-state index in [-0.39, 0.29) is 11.8 Å². The van der Waals surface area contributed by atoms with Gasteiger partial charge in [-0.15, -0.1) is 11.8 Å². The third-order valence-electron chi connectivity index (χ3n) is 3.60. The first-order valence-corrected chi connectivity index (χ1v) is 7.96. The van der Waals surface area contributed by atoms with E-state index in [1.54, 1.807) is 38.4 Å². The molecule has 6 heteroatoms. The van der Waals surface area contributed by atoms with Crippen LogP contribution in [0.25, 0.3) is 0 Å². The Kier molecular flexibility index (Phi) is 4.25. The van der Waals surface area contributed by atoms with Gasteiger partial charge >= 0.3 is 0 Å². The fraction of sp³-hybridized carbons (Fsp3) is 0.176. The number of benzene rings is 2. The minimum Gasteiger partial charge on any atom is -0.497 e. The number of hydrogen-bond acceptors (Lipinski definition) is 4. The molecule has 0 aromatic heterocycles. The van der Waals surface area contributed by atoms with Crippen LogP contribution in [0.15, 0.2) is 53.4 Å². The monoisotopic (exact) mass is 328 g/mol. The lowest BCUT2D eigenvalue weighted by molar-refractivity contribution is -0.124. The summed E-state index contributed by atoms with van der Waals surface area (Å²) in [6, 6.07) is 14.6. The summed E-state index contributed by atoms with van der Waals surface area (Å²) in [5.74, 6) is 0.0802. The number of nitrogens with one attached hydrogen (secondary N) is 1. The summed E-state index contributed by atoms with van der Waals surface area (Å²) in [6.45, 7) is 0. The molecule has 1 atom stereocenters. The average molecular weight is 328 g/mol. The number of thioether (sulfide) groups is 1. The number of rotatable bonds is 3. The highest BCUT2D eigenvalue weighted by atomic mass is 32.2. The van der Waals surface area contributed by atoms with Gasteiger partial charge in [0.15, 0.2) is 5.25 Å². The summed E-state index contributed by atoms with van der Waals surface area (Å²) in [6.07, 6.45) is 0. The summed E-state index contributed by atoms with van der Waals surface area (Å²) in [5.41, 5.74) is 1.43. The van der Waals surface area contributed by atoms with Gasteiger partial charge in [0.25, 0.3) is 0 Å². The number of para-hydroxylation sites is 1. The maximum absolute atomic E-state index is 12.5. The van der Waals surface area contributed by atoms with Gasteiger partial charge in [0.1, 0.15) is 5.75 Å². The number of amides is 2. The Balaban J connectivity index is 1.81. The van der Waals surface area contributed by atoms with Crippen molar-refractivity contribution in [2.24, 2.45) is 0 Å². The maximum Gasteiger partial charge on any atom is 0.249 e. The topological polar surface area (TPSA) is 58.6 Å². The first-order chi connectivity index (χ1) is 11.1. The molecular weight excluding hydrogens is 312 g/mol. The molecule has 0 spiro atoms. The Hall–Kier alpha value is -2.47. The smallest absolute Gasteiger partial charge is 0.249 e. The summed E-state index contributed by atoms with van der Waals surface area (Å²) in [7, 11) is 3.25. The van der Waals surface area contributed by atoms with Crippen LogP contribution in [0.2, 0.25) is 0 Å². The van der Waals surface area contributed by atoms with Crippen LogP contribution in [0, 0.1) is 0 Å². The third-order valence-corrected chi connectivity index (χ3v) is 4.85. The Bertz CT molecular complexity index is 763. The van der Waals surface area contributed by atoms with Gasteiger partial charge in [-0.1, -0.05) is 18.2 Å². The van der Waals surface area contributed by atoms with Crippen LogP contribution < -0.4 is 15.0 Å². The highest BCUT2D eigenvalue weighted by Crippen LogP contribution is 2.38. The van der Waals surface area contributed by atoms with E-state index in [1.807, 2.05) is 24.3 Å². The molecule has 2 aromatic rings. The van der Waals surface area contributed by atoms with Gasteiger partial charge in [0, 0.05) is 23.7 Å². The lowest BCUT2D eigenvalue weighted by Crippen LogP contribution is -2.44. The summed E-state index contributed by atoms with van der Waals surface area (Å²) >= 11 is 1.27. The van der Waals surface area contributed by atoms with E-state index in [2.05, 4.69) is 5.32 Å². The summed E-state index contributed by atoms with van der Waals surface area (Å²) < 4.78 is 5.13. The van der Waals surface area contributed by atoms with Gasteiger partial charge in [-0.2, -0.15) is 0 Å². The molecule has 118 valence electrons. The van der Waals surface area contributed by atoms with Crippen LogP contribution in [0.5, 0.6) is 5.75 Å². The van der Waals surface area contributed by atoms with Gasteiger partial charge in [0.05, 0.1) is 12.8 Å². The fourth-order valence-corrected chi connectivity index (χ4v) is 3.54. The van der Waals surface area contributed by atoms with Crippen molar-refractivity contribution in [1.29, 1.82) is 0 Å². The molecule has 0 saturated heterocycles. The molecule has 3 rings (SSSR count). The number of fused-ring (bicyclic) bond motifs is 1. The average Bonchev–Trinajstić information content (AvgIpc) is 2.58. The van der Waals surface area contributed by atoms with E-state index in [0.717, 1.165) is 10.6 Å². The van der Waals surface area contributed by atoms with Crippen molar-refractivity contribution < 1.29 is 14.3 Å². The number of nitrogens with zero attached hydrogens (tertiary/aromatic N) is 1. The number of anilines is 2. The van der Waals surface area contributed by atoms with E-state index >= 15 is 0 Å². The van der Waals surface area contributed by atoms with E-state index in [1.165, 1.54) is 16.7 Å². The molecule has 1 aliphatic heterocycles. The highest BCUT2D eigenvalue weighted by Gasteiger charge is 2.36. The molecule has 5 nitrogen and oxygen atoms in total. The Labute approximate surface area is 138 Å². The summed E-state index contributed by atoms with van der Waals surface area (Å²) in [5, 5.41) is 1.98. The maximum atomic E-state index is 12.5. The van der Waals surface area contributed by atoms with E-state index in [4.69, 9.17) is 4.74 Å². The zero-order valence-electron chi connectivity index (χ0n) is 12.8. The van der Waals surface area contributed by atoms with Crippen LogP contribution in [0.3, 0.4) is 0 Å². The first kappa shape index (κ1) is 15.4. The SMILES string of the molecule is COc1cccc(NC(=O)C2Sc3ccccc3N(C)C2=O)c1. The molecule has 0 bridgehead atoms. The van der Waals surface area contributed by atoms with Crippen molar-refractivity contribution >= 4 is 35.0 Å². The Morgan fingerprint density at radius 2 is 2.00 bits per heavy atom. The number of hydrogen-bond donors (Lipinski definition) is 1. The number of methoxy groups -OCH3 is 1. The number of carbonyl (C=O) groups is 2. The second kappa shape index (κ2) is 6.34. The van der Waals surface area contributed by atoms with E-state index in [9.17, 15) is 9.59 Å². The zero-order chi connectivity index (χ0) is 16.4. The predicted molar refractivity (Wildman–Crippen MR) is 91.1 cm³/mol. The predicted octanol–water partition coefficient (Wildman–Crippen LogP) is 2.77.